The molecule has 6 heteroatoms. The third kappa shape index (κ3) is 3.05. The Morgan fingerprint density at radius 2 is 1.92 bits per heavy atom. The van der Waals surface area contributed by atoms with Crippen LogP contribution in [-0.4, -0.2) is 20.6 Å². The van der Waals surface area contributed by atoms with Crippen molar-refractivity contribution in [2.45, 2.75) is 41.2 Å². The Kier molecular flexibility index (Phi) is 4.48. The van der Waals surface area contributed by atoms with Crippen LogP contribution in [0, 0.1) is 26.2 Å². The summed E-state index contributed by atoms with van der Waals surface area (Å²) in [6, 6.07) is 6.14. The minimum Gasteiger partial charge on any atom is -0.481 e. The van der Waals surface area contributed by atoms with Crippen molar-refractivity contribution in [1.29, 1.82) is 0 Å². The van der Waals surface area contributed by atoms with Crippen LogP contribution in [-0.2, 0) is 11.3 Å². The molecule has 0 amide bonds. The molecule has 0 saturated carbocycles. The fraction of sp³-hybridized carbons (Fsp3) is 0.350. The SMILES string of the molecule is Cc1ccc(-c2csc3nc(C)n(CC(C)(C)C(=O)O)c(=O)c23)c(C)c1. The van der Waals surface area contributed by atoms with Gasteiger partial charge in [-0.15, -0.1) is 11.3 Å². The first-order valence-electron chi connectivity index (χ1n) is 8.41. The summed E-state index contributed by atoms with van der Waals surface area (Å²) < 4.78 is 1.48. The van der Waals surface area contributed by atoms with E-state index in [0.29, 0.717) is 16.0 Å². The van der Waals surface area contributed by atoms with Crippen LogP contribution < -0.4 is 5.56 Å². The lowest BCUT2D eigenvalue weighted by atomic mass is 9.93. The monoisotopic (exact) mass is 370 g/mol. The highest BCUT2D eigenvalue weighted by Gasteiger charge is 2.29. The number of benzene rings is 1. The molecule has 0 saturated heterocycles. The van der Waals surface area contributed by atoms with Gasteiger partial charge in [0.2, 0.25) is 0 Å². The number of carbonyl (C=O) groups is 1. The predicted molar refractivity (Wildman–Crippen MR) is 105 cm³/mol. The predicted octanol–water partition coefficient (Wildman–Crippen LogP) is 4.16. The molecule has 2 aromatic heterocycles. The van der Waals surface area contributed by atoms with Crippen LogP contribution in [0.25, 0.3) is 21.3 Å². The van der Waals surface area contributed by atoms with Crippen LogP contribution in [0.2, 0.25) is 0 Å². The average molecular weight is 370 g/mol. The maximum Gasteiger partial charge on any atom is 0.310 e. The maximum absolute atomic E-state index is 13.2. The van der Waals surface area contributed by atoms with Crippen molar-refractivity contribution < 1.29 is 9.90 Å². The second-order valence-electron chi connectivity index (χ2n) is 7.39. The van der Waals surface area contributed by atoms with Gasteiger partial charge in [-0.1, -0.05) is 23.8 Å². The summed E-state index contributed by atoms with van der Waals surface area (Å²) >= 11 is 1.44. The number of aryl methyl sites for hydroxylation is 3. The molecule has 5 nitrogen and oxygen atoms in total. The molecule has 26 heavy (non-hydrogen) atoms. The van der Waals surface area contributed by atoms with Gasteiger partial charge in [-0.25, -0.2) is 4.98 Å². The highest BCUT2D eigenvalue weighted by molar-refractivity contribution is 7.17. The van der Waals surface area contributed by atoms with Crippen LogP contribution in [0.3, 0.4) is 0 Å². The highest BCUT2D eigenvalue weighted by atomic mass is 32.1. The van der Waals surface area contributed by atoms with E-state index in [1.54, 1.807) is 20.8 Å². The third-order valence-corrected chi connectivity index (χ3v) is 5.56. The molecule has 1 aromatic carbocycles. The van der Waals surface area contributed by atoms with Gasteiger partial charge in [0.05, 0.1) is 10.8 Å². The van der Waals surface area contributed by atoms with Gasteiger partial charge in [0.25, 0.3) is 5.56 Å². The average Bonchev–Trinajstić information content (AvgIpc) is 2.95. The lowest BCUT2D eigenvalue weighted by molar-refractivity contribution is -0.147. The minimum absolute atomic E-state index is 0.0815. The van der Waals surface area contributed by atoms with Crippen molar-refractivity contribution in [1.82, 2.24) is 9.55 Å². The number of fused-ring (bicyclic) bond motifs is 1. The summed E-state index contributed by atoms with van der Waals surface area (Å²) in [7, 11) is 0. The Balaban J connectivity index is 2.25. The van der Waals surface area contributed by atoms with Gasteiger partial charge in [-0.05, 0) is 45.7 Å². The molecule has 3 aromatic rings. The molecule has 0 aliphatic heterocycles. The highest BCUT2D eigenvalue weighted by Crippen LogP contribution is 2.33. The lowest BCUT2D eigenvalue weighted by Gasteiger charge is -2.21. The van der Waals surface area contributed by atoms with Gasteiger partial charge in [0.1, 0.15) is 10.7 Å². The van der Waals surface area contributed by atoms with Crippen molar-refractivity contribution in [3.63, 3.8) is 0 Å². The maximum atomic E-state index is 13.2. The number of carboxylic acids is 1. The molecule has 0 fully saturated rings. The molecular formula is C20H22N2O3S. The van der Waals surface area contributed by atoms with Crippen molar-refractivity contribution in [3.05, 3.63) is 50.9 Å². The molecule has 0 atom stereocenters. The van der Waals surface area contributed by atoms with E-state index in [1.165, 1.54) is 21.5 Å². The van der Waals surface area contributed by atoms with E-state index < -0.39 is 11.4 Å². The molecule has 3 rings (SSSR count). The summed E-state index contributed by atoms with van der Waals surface area (Å²) in [4.78, 5) is 30.0. The molecule has 1 N–H and O–H groups in total. The summed E-state index contributed by atoms with van der Waals surface area (Å²) in [5.41, 5.74) is 2.90. The third-order valence-electron chi connectivity index (χ3n) is 4.69. The molecule has 2 heterocycles. The van der Waals surface area contributed by atoms with Crippen molar-refractivity contribution in [2.75, 3.05) is 0 Å². The van der Waals surface area contributed by atoms with Crippen molar-refractivity contribution >= 4 is 27.5 Å². The van der Waals surface area contributed by atoms with Gasteiger partial charge in [0, 0.05) is 17.5 Å². The molecule has 0 aliphatic carbocycles. The summed E-state index contributed by atoms with van der Waals surface area (Å²) in [5.74, 6) is -0.408. The number of hydrogen-bond donors (Lipinski definition) is 1. The largest absolute Gasteiger partial charge is 0.481 e. The van der Waals surface area contributed by atoms with Crippen LogP contribution in [0.1, 0.15) is 30.8 Å². The second-order valence-corrected chi connectivity index (χ2v) is 8.25. The van der Waals surface area contributed by atoms with Crippen LogP contribution in [0.4, 0.5) is 0 Å². The summed E-state index contributed by atoms with van der Waals surface area (Å²) in [6.07, 6.45) is 0. The second kappa shape index (κ2) is 6.36. The Morgan fingerprint density at radius 3 is 2.54 bits per heavy atom. The number of rotatable bonds is 4. The summed E-state index contributed by atoms with van der Waals surface area (Å²) in [6.45, 7) is 9.12. The fourth-order valence-corrected chi connectivity index (χ4v) is 4.06. The number of aliphatic carboxylic acids is 1. The number of thiophene rings is 1. The number of carboxylic acid groups (broad SMARTS) is 1. The quantitative estimate of drug-likeness (QED) is 0.748. The Labute approximate surface area is 155 Å². The topological polar surface area (TPSA) is 72.2 Å². The van der Waals surface area contributed by atoms with Gasteiger partial charge in [-0.3, -0.25) is 14.2 Å². The van der Waals surface area contributed by atoms with E-state index in [2.05, 4.69) is 11.1 Å². The van der Waals surface area contributed by atoms with Gasteiger partial charge in [0.15, 0.2) is 0 Å². The van der Waals surface area contributed by atoms with Crippen LogP contribution in [0.15, 0.2) is 28.4 Å². The first kappa shape index (κ1) is 18.3. The van der Waals surface area contributed by atoms with Crippen LogP contribution >= 0.6 is 11.3 Å². The lowest BCUT2D eigenvalue weighted by Crippen LogP contribution is -2.35. The molecular weight excluding hydrogens is 348 g/mol. The van der Waals surface area contributed by atoms with Gasteiger partial charge >= 0.3 is 5.97 Å². The molecule has 0 radical (unpaired) electrons. The van der Waals surface area contributed by atoms with E-state index in [1.807, 2.05) is 31.4 Å². The molecule has 0 aliphatic rings. The summed E-state index contributed by atoms with van der Waals surface area (Å²) in [5, 5.41) is 11.9. The van der Waals surface area contributed by atoms with E-state index >= 15 is 0 Å². The normalized spacial score (nSPS) is 11.9. The van der Waals surface area contributed by atoms with Crippen molar-refractivity contribution in [2.24, 2.45) is 5.41 Å². The first-order chi connectivity index (χ1) is 12.1. The fourth-order valence-electron chi connectivity index (χ4n) is 3.09. The first-order valence-corrected chi connectivity index (χ1v) is 9.29. The van der Waals surface area contributed by atoms with E-state index in [9.17, 15) is 14.7 Å². The zero-order valence-corrected chi connectivity index (χ0v) is 16.4. The zero-order chi connectivity index (χ0) is 19.2. The van der Waals surface area contributed by atoms with E-state index in [4.69, 9.17) is 0 Å². The zero-order valence-electron chi connectivity index (χ0n) is 15.6. The molecule has 0 bridgehead atoms. The minimum atomic E-state index is -1.06. The molecule has 136 valence electrons. The van der Waals surface area contributed by atoms with Gasteiger partial charge < -0.3 is 5.11 Å². The smallest absolute Gasteiger partial charge is 0.310 e. The number of aromatic nitrogens is 2. The Bertz CT molecular complexity index is 1080. The van der Waals surface area contributed by atoms with E-state index in [-0.39, 0.29) is 12.1 Å². The molecule has 0 spiro atoms. The number of hydrogen-bond acceptors (Lipinski definition) is 4. The number of nitrogens with zero attached hydrogens (tertiary/aromatic N) is 2. The Morgan fingerprint density at radius 1 is 1.23 bits per heavy atom. The molecule has 0 unspecified atom stereocenters. The Hall–Kier alpha value is -2.47. The van der Waals surface area contributed by atoms with Crippen molar-refractivity contribution in [3.8, 4) is 11.1 Å². The van der Waals surface area contributed by atoms with Gasteiger partial charge in [-0.2, -0.15) is 0 Å². The van der Waals surface area contributed by atoms with Crippen LogP contribution in [0.5, 0.6) is 0 Å². The van der Waals surface area contributed by atoms with E-state index in [0.717, 1.165) is 16.7 Å². The standard InChI is InChI=1S/C20H22N2O3S/c1-11-6-7-14(12(2)8-11)15-9-26-17-16(15)18(23)22(13(3)21-17)10-20(4,5)19(24)25/h6-9H,10H2,1-5H3,(H,24,25).